The van der Waals surface area contributed by atoms with Crippen molar-refractivity contribution in [2.75, 3.05) is 44.1 Å². The summed E-state index contributed by atoms with van der Waals surface area (Å²) in [7, 11) is 1.28. The molecule has 0 aromatic rings. The largest absolute Gasteiger partial charge is 1.00 e. The van der Waals surface area contributed by atoms with Crippen LogP contribution < -0.4 is 24.6 Å². The molecule has 0 aromatic carbocycles. The van der Waals surface area contributed by atoms with Crippen LogP contribution in [0.25, 0.3) is 0 Å². The van der Waals surface area contributed by atoms with Crippen LogP contribution in [0.3, 0.4) is 0 Å². The van der Waals surface area contributed by atoms with Gasteiger partial charge in [0.2, 0.25) is 0 Å². The van der Waals surface area contributed by atoms with Crippen LogP contribution in [0.2, 0.25) is 0 Å². The van der Waals surface area contributed by atoms with Gasteiger partial charge in [0.15, 0.2) is 0 Å². The smallest absolute Gasteiger partial charge is 0.330 e. The minimum Gasteiger partial charge on any atom is -0.330 e. The second kappa shape index (κ2) is 28.4. The quantitative estimate of drug-likeness (QED) is 0.404. The van der Waals surface area contributed by atoms with E-state index in [4.69, 9.17) is 5.73 Å². The van der Waals surface area contributed by atoms with Crippen molar-refractivity contribution in [3.8, 4) is 0 Å². The van der Waals surface area contributed by atoms with Crippen LogP contribution in [0.4, 0.5) is 0 Å². The van der Waals surface area contributed by atoms with Gasteiger partial charge in [-0.05, 0) is 34.8 Å². The molecule has 0 aliphatic rings. The predicted molar refractivity (Wildman–Crippen MR) is 102 cm³/mol. The van der Waals surface area contributed by atoms with Gasteiger partial charge in [0, 0.05) is 0 Å². The molecule has 4 heteroatoms. The standard InChI is InChI=1S/C10H23N.2C3H9S.Li/c1-2-3-4-5-6-7-8-9-10-11;2*1-4(2)3;/h2-11H2,1H3;2*1-3H3;/q;3*+1. The molecule has 0 aromatic heterocycles. The number of rotatable bonds is 8. The summed E-state index contributed by atoms with van der Waals surface area (Å²) < 4.78 is 0. The van der Waals surface area contributed by atoms with E-state index in [1.165, 1.54) is 51.4 Å². The van der Waals surface area contributed by atoms with E-state index in [2.05, 4.69) is 44.5 Å². The van der Waals surface area contributed by atoms with Crippen LogP contribution >= 0.6 is 0 Å². The first-order valence-electron chi connectivity index (χ1n) is 7.56. The van der Waals surface area contributed by atoms with Gasteiger partial charge in [-0.1, -0.05) is 51.9 Å². The van der Waals surface area contributed by atoms with Crippen molar-refractivity contribution in [1.82, 2.24) is 0 Å². The number of nitrogens with two attached hydrogens (primary N) is 1. The molecule has 0 radical (unpaired) electrons. The van der Waals surface area contributed by atoms with Crippen LogP contribution in [0.5, 0.6) is 0 Å². The van der Waals surface area contributed by atoms with Crippen molar-refractivity contribution in [2.45, 2.75) is 58.3 Å². The van der Waals surface area contributed by atoms with Gasteiger partial charge in [-0.15, -0.1) is 0 Å². The third-order valence-corrected chi connectivity index (χ3v) is 2.06. The summed E-state index contributed by atoms with van der Waals surface area (Å²) in [6, 6.07) is 0. The first kappa shape index (κ1) is 29.3. The molecule has 0 rings (SSSR count). The van der Waals surface area contributed by atoms with E-state index in [9.17, 15) is 0 Å². The van der Waals surface area contributed by atoms with Gasteiger partial charge in [-0.3, -0.25) is 0 Å². The van der Waals surface area contributed by atoms with E-state index >= 15 is 0 Å². The van der Waals surface area contributed by atoms with E-state index in [0.29, 0.717) is 21.8 Å². The van der Waals surface area contributed by atoms with Gasteiger partial charge in [0.05, 0.1) is 37.5 Å². The second-order valence-corrected chi connectivity index (χ2v) is 10.6. The Morgan fingerprint density at radius 2 is 0.850 bits per heavy atom. The molecule has 120 valence electrons. The maximum Gasteiger partial charge on any atom is 1.00 e. The normalized spacial score (nSPS) is 9.30. The zero-order chi connectivity index (χ0) is 15.5. The Bertz CT molecular complexity index is 114. The Morgan fingerprint density at radius 3 is 1.10 bits per heavy atom. The van der Waals surface area contributed by atoms with E-state index in [1.54, 1.807) is 0 Å². The van der Waals surface area contributed by atoms with Crippen LogP contribution in [0.1, 0.15) is 58.3 Å². The molecule has 0 amide bonds. The summed E-state index contributed by atoms with van der Waals surface area (Å²) in [6.07, 6.45) is 24.1. The summed E-state index contributed by atoms with van der Waals surface area (Å²) in [5.41, 5.74) is 5.39. The molecule has 0 saturated heterocycles. The molecule has 0 heterocycles. The molecule has 1 nitrogen and oxygen atoms in total. The molecule has 20 heavy (non-hydrogen) atoms. The number of hydrogen-bond acceptors (Lipinski definition) is 1. The van der Waals surface area contributed by atoms with Crippen LogP contribution in [-0.4, -0.2) is 44.1 Å². The fourth-order valence-corrected chi connectivity index (χ4v) is 1.28. The second-order valence-electron chi connectivity index (χ2n) is 5.71. The minimum atomic E-state index is 0. The zero-order valence-electron chi connectivity index (χ0n) is 15.8. The number of hydrogen-bond donors (Lipinski definition) is 1. The topological polar surface area (TPSA) is 26.0 Å². The fraction of sp³-hybridized carbons (Fsp3) is 1.00. The SMILES string of the molecule is CCCCCCCCCCN.C[S+](C)C.C[S+](C)C.[Li+]. The summed E-state index contributed by atoms with van der Waals surface area (Å²) in [5, 5.41) is 0. The van der Waals surface area contributed by atoms with Crippen molar-refractivity contribution in [1.29, 1.82) is 0 Å². The fourth-order valence-electron chi connectivity index (χ4n) is 1.28. The molecule has 0 saturated carbocycles. The van der Waals surface area contributed by atoms with Crippen molar-refractivity contribution in [3.05, 3.63) is 0 Å². The van der Waals surface area contributed by atoms with Crippen molar-refractivity contribution in [3.63, 3.8) is 0 Å². The molecule has 0 fully saturated rings. The molecule has 2 N–H and O–H groups in total. The molecule has 0 bridgehead atoms. The van der Waals surface area contributed by atoms with E-state index < -0.39 is 0 Å². The summed E-state index contributed by atoms with van der Waals surface area (Å²) in [6.45, 7) is 3.13. The molecule has 0 aliphatic carbocycles. The molecule has 0 unspecified atom stereocenters. The summed E-state index contributed by atoms with van der Waals surface area (Å²) >= 11 is 0. The van der Waals surface area contributed by atoms with E-state index in [1.807, 2.05) is 0 Å². The Hall–Kier alpha value is 1.26. The molecular formula is C16H41LiNS2+3. The number of unbranched alkanes of at least 4 members (excludes halogenated alkanes) is 7. The third kappa shape index (κ3) is 74.9. The van der Waals surface area contributed by atoms with Crippen molar-refractivity contribution < 1.29 is 18.9 Å². The van der Waals surface area contributed by atoms with Gasteiger partial charge in [0.1, 0.15) is 0 Å². The molecule has 0 atom stereocenters. The molecule has 0 aliphatic heterocycles. The average molecular weight is 319 g/mol. The first-order chi connectivity index (χ1) is 8.88. The Labute approximate surface area is 148 Å². The maximum absolute atomic E-state index is 5.39. The third-order valence-electron chi connectivity index (χ3n) is 2.06. The maximum atomic E-state index is 5.39. The van der Waals surface area contributed by atoms with E-state index in [-0.39, 0.29) is 18.9 Å². The van der Waals surface area contributed by atoms with Gasteiger partial charge in [-0.25, -0.2) is 0 Å². The first-order valence-corrected chi connectivity index (χ1v) is 12.5. The zero-order valence-corrected chi connectivity index (χ0v) is 17.4. The summed E-state index contributed by atoms with van der Waals surface area (Å²) in [5.74, 6) is 0. The van der Waals surface area contributed by atoms with Crippen molar-refractivity contribution >= 4 is 21.8 Å². The summed E-state index contributed by atoms with van der Waals surface area (Å²) in [4.78, 5) is 0. The molecule has 0 spiro atoms. The van der Waals surface area contributed by atoms with Crippen LogP contribution in [0, 0.1) is 0 Å². The van der Waals surface area contributed by atoms with Gasteiger partial charge in [0.25, 0.3) is 0 Å². The predicted octanol–water partition coefficient (Wildman–Crippen LogP) is 1.08. The van der Waals surface area contributed by atoms with Gasteiger partial charge >= 0.3 is 18.9 Å². The average Bonchev–Trinajstić information content (AvgIpc) is 2.26. The Balaban J connectivity index is -0.000000119. The minimum absolute atomic E-state index is 0. The van der Waals surface area contributed by atoms with Crippen LogP contribution in [0.15, 0.2) is 0 Å². The van der Waals surface area contributed by atoms with E-state index in [0.717, 1.165) is 6.54 Å². The Morgan fingerprint density at radius 1 is 0.600 bits per heavy atom. The van der Waals surface area contributed by atoms with Gasteiger partial charge in [-0.2, -0.15) is 0 Å². The Kier molecular flexibility index (Phi) is 41.6. The van der Waals surface area contributed by atoms with Crippen molar-refractivity contribution in [2.24, 2.45) is 5.73 Å². The van der Waals surface area contributed by atoms with Gasteiger partial charge < -0.3 is 5.73 Å². The van der Waals surface area contributed by atoms with Crippen LogP contribution in [-0.2, 0) is 21.8 Å². The molecular weight excluding hydrogens is 277 g/mol. The monoisotopic (exact) mass is 318 g/mol.